The Morgan fingerprint density at radius 1 is 1.36 bits per heavy atom. The smallest absolute Gasteiger partial charge is 0.119 e. The second kappa shape index (κ2) is 3.76. The van der Waals surface area contributed by atoms with Crippen LogP contribution in [0.2, 0.25) is 0 Å². The van der Waals surface area contributed by atoms with Crippen molar-refractivity contribution < 1.29 is 4.74 Å². The highest BCUT2D eigenvalue weighted by molar-refractivity contribution is 5.77. The van der Waals surface area contributed by atoms with Gasteiger partial charge in [0.05, 0.1) is 12.8 Å². The molecular formula is C9H10NO. The van der Waals surface area contributed by atoms with E-state index in [1.54, 1.807) is 12.1 Å². The molecule has 2 heteroatoms. The van der Waals surface area contributed by atoms with Crippen LogP contribution in [0.25, 0.3) is 0 Å². The SMILES string of the molecule is CCOc1ccc(C=[N])cc1. The van der Waals surface area contributed by atoms with Gasteiger partial charge in [-0.1, -0.05) is 0 Å². The summed E-state index contributed by atoms with van der Waals surface area (Å²) < 4.78 is 5.21. The number of benzene rings is 1. The van der Waals surface area contributed by atoms with Crippen molar-refractivity contribution in [2.75, 3.05) is 6.61 Å². The molecule has 0 heterocycles. The van der Waals surface area contributed by atoms with Gasteiger partial charge in [0.1, 0.15) is 5.75 Å². The van der Waals surface area contributed by atoms with Crippen LogP contribution in [0.1, 0.15) is 12.5 Å². The Morgan fingerprint density at radius 3 is 2.45 bits per heavy atom. The van der Waals surface area contributed by atoms with E-state index in [4.69, 9.17) is 10.1 Å². The van der Waals surface area contributed by atoms with Crippen LogP contribution in [0, 0.1) is 0 Å². The van der Waals surface area contributed by atoms with Gasteiger partial charge in [-0.2, -0.15) is 5.41 Å². The Labute approximate surface area is 66.3 Å². The van der Waals surface area contributed by atoms with E-state index in [0.29, 0.717) is 6.61 Å². The largest absolute Gasteiger partial charge is 0.494 e. The molecule has 0 aliphatic heterocycles. The van der Waals surface area contributed by atoms with Crippen molar-refractivity contribution >= 4 is 6.21 Å². The van der Waals surface area contributed by atoms with Crippen LogP contribution >= 0.6 is 0 Å². The molecule has 11 heavy (non-hydrogen) atoms. The first-order valence-corrected chi connectivity index (χ1v) is 3.57. The molecule has 1 rings (SSSR count). The predicted octanol–water partition coefficient (Wildman–Crippen LogP) is 1.30. The van der Waals surface area contributed by atoms with Crippen LogP contribution in [0.3, 0.4) is 0 Å². The molecule has 0 amide bonds. The summed E-state index contributed by atoms with van der Waals surface area (Å²) in [6.07, 6.45) is 1.07. The van der Waals surface area contributed by atoms with Crippen LogP contribution < -0.4 is 10.1 Å². The Hall–Kier alpha value is -1.31. The zero-order valence-electron chi connectivity index (χ0n) is 6.45. The summed E-state index contributed by atoms with van der Waals surface area (Å²) in [5.41, 5.74) is 0.786. The number of hydrogen-bond donors (Lipinski definition) is 0. The summed E-state index contributed by atoms with van der Waals surface area (Å²) in [7, 11) is 0. The van der Waals surface area contributed by atoms with Crippen molar-refractivity contribution in [1.29, 1.82) is 0 Å². The summed E-state index contributed by atoms with van der Waals surface area (Å²) in [4.78, 5) is 0. The van der Waals surface area contributed by atoms with Gasteiger partial charge in [-0.15, -0.1) is 0 Å². The zero-order valence-corrected chi connectivity index (χ0v) is 6.45. The average molecular weight is 148 g/mol. The fourth-order valence-electron chi connectivity index (χ4n) is 0.817. The minimum absolute atomic E-state index is 0.669. The molecule has 0 aliphatic carbocycles. The van der Waals surface area contributed by atoms with Crippen molar-refractivity contribution in [3.05, 3.63) is 29.8 Å². The summed E-state index contributed by atoms with van der Waals surface area (Å²) in [6.45, 7) is 2.61. The zero-order chi connectivity index (χ0) is 8.10. The first kappa shape index (κ1) is 7.79. The fourth-order valence-corrected chi connectivity index (χ4v) is 0.817. The second-order valence-corrected chi connectivity index (χ2v) is 2.13. The number of hydrogen-bond acceptors (Lipinski definition) is 1. The summed E-state index contributed by atoms with van der Waals surface area (Å²) in [5, 5.41) is 8.59. The lowest BCUT2D eigenvalue weighted by atomic mass is 10.2. The van der Waals surface area contributed by atoms with E-state index in [1.807, 2.05) is 19.1 Å². The van der Waals surface area contributed by atoms with Crippen molar-refractivity contribution in [2.45, 2.75) is 6.92 Å². The molecular weight excluding hydrogens is 138 g/mol. The van der Waals surface area contributed by atoms with Crippen LogP contribution in [-0.4, -0.2) is 12.8 Å². The minimum atomic E-state index is 0.669. The predicted molar refractivity (Wildman–Crippen MR) is 44.9 cm³/mol. The lowest BCUT2D eigenvalue weighted by Crippen LogP contribution is -1.91. The Morgan fingerprint density at radius 2 is 2.00 bits per heavy atom. The molecule has 0 fully saturated rings. The van der Waals surface area contributed by atoms with Gasteiger partial charge in [-0.3, -0.25) is 0 Å². The van der Waals surface area contributed by atoms with Gasteiger partial charge < -0.3 is 4.74 Å². The third-order valence-corrected chi connectivity index (χ3v) is 1.34. The molecule has 0 aromatic heterocycles. The van der Waals surface area contributed by atoms with Crippen LogP contribution in [0.15, 0.2) is 24.3 Å². The standard InChI is InChI=1S/C9H10NO/c1-2-11-9-5-3-8(7-10)4-6-9/h3-7H,2H2,1H3. The number of nitrogens with zero attached hydrogens (tertiary/aromatic N) is 1. The van der Waals surface area contributed by atoms with Crippen molar-refractivity contribution in [3.8, 4) is 5.75 Å². The molecule has 0 saturated heterocycles. The molecule has 1 aromatic carbocycles. The summed E-state index contributed by atoms with van der Waals surface area (Å²) >= 11 is 0. The number of ether oxygens (including phenoxy) is 1. The summed E-state index contributed by atoms with van der Waals surface area (Å²) in [6, 6.07) is 7.24. The lowest BCUT2D eigenvalue weighted by molar-refractivity contribution is 0.340. The van der Waals surface area contributed by atoms with E-state index < -0.39 is 0 Å². The monoisotopic (exact) mass is 148 g/mol. The van der Waals surface area contributed by atoms with E-state index in [2.05, 4.69) is 0 Å². The van der Waals surface area contributed by atoms with Crippen LogP contribution in [-0.2, 0) is 0 Å². The first-order valence-electron chi connectivity index (χ1n) is 3.57. The maximum absolute atomic E-state index is 8.59. The second-order valence-electron chi connectivity index (χ2n) is 2.13. The Kier molecular flexibility index (Phi) is 2.66. The van der Waals surface area contributed by atoms with Gasteiger partial charge in [0.25, 0.3) is 0 Å². The maximum atomic E-state index is 8.59. The molecule has 0 unspecified atom stereocenters. The molecule has 1 aromatic rings. The summed E-state index contributed by atoms with van der Waals surface area (Å²) in [5.74, 6) is 0.832. The Balaban J connectivity index is 2.74. The molecule has 0 N–H and O–H groups in total. The number of rotatable bonds is 3. The molecule has 0 bridgehead atoms. The van der Waals surface area contributed by atoms with Crippen molar-refractivity contribution in [3.63, 3.8) is 0 Å². The third-order valence-electron chi connectivity index (χ3n) is 1.34. The third kappa shape index (κ3) is 2.08. The van der Waals surface area contributed by atoms with E-state index in [0.717, 1.165) is 17.5 Å². The molecule has 0 aliphatic rings. The van der Waals surface area contributed by atoms with E-state index in [-0.39, 0.29) is 0 Å². The van der Waals surface area contributed by atoms with E-state index >= 15 is 0 Å². The first-order chi connectivity index (χ1) is 5.36. The molecule has 1 radical (unpaired) electrons. The van der Waals surface area contributed by atoms with Crippen molar-refractivity contribution in [1.82, 2.24) is 5.41 Å². The lowest BCUT2D eigenvalue weighted by Gasteiger charge is -2.01. The topological polar surface area (TPSA) is 31.5 Å². The Bertz CT molecular complexity index is 228. The van der Waals surface area contributed by atoms with Crippen LogP contribution in [0.5, 0.6) is 5.75 Å². The average Bonchev–Trinajstić information content (AvgIpc) is 2.07. The van der Waals surface area contributed by atoms with Gasteiger partial charge >= 0.3 is 0 Å². The quantitative estimate of drug-likeness (QED) is 0.594. The van der Waals surface area contributed by atoms with E-state index in [1.165, 1.54) is 0 Å². The van der Waals surface area contributed by atoms with E-state index in [9.17, 15) is 0 Å². The molecule has 57 valence electrons. The highest BCUT2D eigenvalue weighted by Gasteiger charge is 1.90. The molecule has 0 saturated carbocycles. The van der Waals surface area contributed by atoms with Gasteiger partial charge in [0.15, 0.2) is 0 Å². The minimum Gasteiger partial charge on any atom is -0.494 e. The van der Waals surface area contributed by atoms with Gasteiger partial charge in [-0.05, 0) is 36.8 Å². The highest BCUT2D eigenvalue weighted by atomic mass is 16.5. The molecule has 0 atom stereocenters. The molecule has 0 spiro atoms. The van der Waals surface area contributed by atoms with Gasteiger partial charge in [0.2, 0.25) is 0 Å². The molecule has 2 nitrogen and oxygen atoms in total. The van der Waals surface area contributed by atoms with Crippen LogP contribution in [0.4, 0.5) is 0 Å². The van der Waals surface area contributed by atoms with Crippen molar-refractivity contribution in [2.24, 2.45) is 0 Å². The van der Waals surface area contributed by atoms with Gasteiger partial charge in [-0.25, -0.2) is 0 Å². The normalized spacial score (nSPS) is 9.18. The maximum Gasteiger partial charge on any atom is 0.119 e. The highest BCUT2D eigenvalue weighted by Crippen LogP contribution is 2.10. The fraction of sp³-hybridized carbons (Fsp3) is 0.222. The van der Waals surface area contributed by atoms with Gasteiger partial charge in [0, 0.05) is 0 Å².